The topological polar surface area (TPSA) is 25.4 Å². The third kappa shape index (κ3) is 3.94. The first kappa shape index (κ1) is 15.6. The van der Waals surface area contributed by atoms with Crippen LogP contribution in [0.1, 0.15) is 25.0 Å². The van der Waals surface area contributed by atoms with Crippen LogP contribution in [0.2, 0.25) is 0 Å². The summed E-state index contributed by atoms with van der Waals surface area (Å²) in [6, 6.07) is 9.79. The molecule has 0 atom stereocenters. The van der Waals surface area contributed by atoms with Crippen molar-refractivity contribution in [2.24, 2.45) is 0 Å². The van der Waals surface area contributed by atoms with E-state index in [9.17, 15) is 13.2 Å². The number of hydrogen-bond donors (Lipinski definition) is 0. The van der Waals surface area contributed by atoms with E-state index < -0.39 is 11.9 Å². The Hall–Kier alpha value is -2.24. The molecule has 0 N–H and O–H groups in total. The van der Waals surface area contributed by atoms with Crippen molar-refractivity contribution in [1.29, 1.82) is 0 Å². The molecular weight excluding hydrogens is 305 g/mol. The summed E-state index contributed by atoms with van der Waals surface area (Å²) >= 11 is 0. The molecular formula is C17H17F3N2O. The highest BCUT2D eigenvalue weighted by atomic mass is 19.4. The molecule has 0 spiro atoms. The monoisotopic (exact) mass is 322 g/mol. The molecule has 2 heterocycles. The van der Waals surface area contributed by atoms with Gasteiger partial charge >= 0.3 is 6.18 Å². The quantitative estimate of drug-likeness (QED) is 0.805. The zero-order valence-electron chi connectivity index (χ0n) is 12.5. The van der Waals surface area contributed by atoms with Gasteiger partial charge in [-0.05, 0) is 43.5 Å². The molecule has 1 aliphatic rings. The van der Waals surface area contributed by atoms with E-state index in [1.165, 1.54) is 25.3 Å². The molecule has 1 aromatic heterocycles. The van der Waals surface area contributed by atoms with Crippen molar-refractivity contribution in [3.05, 3.63) is 48.3 Å². The van der Waals surface area contributed by atoms with Crippen molar-refractivity contribution in [3.8, 4) is 11.5 Å². The van der Waals surface area contributed by atoms with Gasteiger partial charge < -0.3 is 9.64 Å². The third-order valence-corrected chi connectivity index (χ3v) is 3.80. The summed E-state index contributed by atoms with van der Waals surface area (Å²) in [5, 5.41) is 0. The van der Waals surface area contributed by atoms with E-state index in [1.807, 2.05) is 18.2 Å². The highest BCUT2D eigenvalue weighted by Crippen LogP contribution is 2.30. The van der Waals surface area contributed by atoms with Gasteiger partial charge in [-0.25, -0.2) is 4.98 Å². The lowest BCUT2D eigenvalue weighted by molar-refractivity contribution is -0.141. The summed E-state index contributed by atoms with van der Waals surface area (Å²) in [6.45, 7) is 2.04. The standard InChI is InChI=1S/C17H17F3N2O/c18-17(19,20)16-8-7-15(12-21-16)23-14-6-4-5-13(11-14)22-9-2-1-3-10-22/h4-8,11-12H,1-3,9-10H2. The van der Waals surface area contributed by atoms with Gasteiger partial charge in [-0.15, -0.1) is 0 Å². The van der Waals surface area contributed by atoms with Crippen LogP contribution in [0.25, 0.3) is 0 Å². The summed E-state index contributed by atoms with van der Waals surface area (Å²) < 4.78 is 43.1. The van der Waals surface area contributed by atoms with Gasteiger partial charge in [-0.2, -0.15) is 13.2 Å². The lowest BCUT2D eigenvalue weighted by Gasteiger charge is -2.29. The number of anilines is 1. The Labute approximate surface area is 132 Å². The van der Waals surface area contributed by atoms with Crippen LogP contribution in [0, 0.1) is 0 Å². The Morgan fingerprint density at radius 1 is 0.957 bits per heavy atom. The summed E-state index contributed by atoms with van der Waals surface area (Å²) in [6.07, 6.45) is 0.259. The largest absolute Gasteiger partial charge is 0.456 e. The minimum Gasteiger partial charge on any atom is -0.456 e. The van der Waals surface area contributed by atoms with Crippen molar-refractivity contribution >= 4 is 5.69 Å². The maximum absolute atomic E-state index is 12.5. The number of benzene rings is 1. The minimum absolute atomic E-state index is 0.286. The summed E-state index contributed by atoms with van der Waals surface area (Å²) in [5.74, 6) is 0.878. The Morgan fingerprint density at radius 2 is 1.74 bits per heavy atom. The number of halogens is 3. The molecule has 1 fully saturated rings. The van der Waals surface area contributed by atoms with Gasteiger partial charge in [0.1, 0.15) is 17.2 Å². The number of ether oxygens (including phenoxy) is 1. The van der Waals surface area contributed by atoms with Gasteiger partial charge in [0.15, 0.2) is 0 Å². The maximum atomic E-state index is 12.5. The number of pyridine rings is 1. The maximum Gasteiger partial charge on any atom is 0.433 e. The third-order valence-electron chi connectivity index (χ3n) is 3.80. The fourth-order valence-electron chi connectivity index (χ4n) is 2.64. The van der Waals surface area contributed by atoms with Crippen molar-refractivity contribution in [2.75, 3.05) is 18.0 Å². The number of piperidine rings is 1. The van der Waals surface area contributed by atoms with Crippen LogP contribution < -0.4 is 9.64 Å². The van der Waals surface area contributed by atoms with Crippen LogP contribution in [0.15, 0.2) is 42.6 Å². The molecule has 0 saturated carbocycles. The number of nitrogens with zero attached hydrogens (tertiary/aromatic N) is 2. The molecule has 122 valence electrons. The average molecular weight is 322 g/mol. The van der Waals surface area contributed by atoms with Gasteiger partial charge in [-0.3, -0.25) is 0 Å². The summed E-state index contributed by atoms with van der Waals surface area (Å²) in [7, 11) is 0. The fraction of sp³-hybridized carbons (Fsp3) is 0.353. The van der Waals surface area contributed by atoms with Crippen molar-refractivity contribution in [2.45, 2.75) is 25.4 Å². The summed E-state index contributed by atoms with van der Waals surface area (Å²) in [4.78, 5) is 5.69. The lowest BCUT2D eigenvalue weighted by atomic mass is 10.1. The van der Waals surface area contributed by atoms with E-state index in [1.54, 1.807) is 6.07 Å². The van der Waals surface area contributed by atoms with E-state index in [0.717, 1.165) is 31.0 Å². The van der Waals surface area contributed by atoms with Crippen LogP contribution in [-0.2, 0) is 6.18 Å². The van der Waals surface area contributed by atoms with Gasteiger partial charge in [0.05, 0.1) is 6.20 Å². The predicted octanol–water partition coefficient (Wildman–Crippen LogP) is 4.88. The van der Waals surface area contributed by atoms with Gasteiger partial charge in [0, 0.05) is 24.8 Å². The van der Waals surface area contributed by atoms with Gasteiger partial charge in [0.25, 0.3) is 0 Å². The Bertz CT molecular complexity index is 650. The molecule has 0 unspecified atom stereocenters. The van der Waals surface area contributed by atoms with Crippen LogP contribution in [0.5, 0.6) is 11.5 Å². The zero-order chi connectivity index (χ0) is 16.3. The van der Waals surface area contributed by atoms with Gasteiger partial charge in [-0.1, -0.05) is 6.07 Å². The van der Waals surface area contributed by atoms with Gasteiger partial charge in [0.2, 0.25) is 0 Å². The Kier molecular flexibility index (Phi) is 4.41. The van der Waals surface area contributed by atoms with Crippen molar-refractivity contribution < 1.29 is 17.9 Å². The molecule has 0 aliphatic carbocycles. The molecule has 3 nitrogen and oxygen atoms in total. The number of alkyl halides is 3. The molecule has 3 rings (SSSR count). The van der Waals surface area contributed by atoms with Crippen LogP contribution in [0.4, 0.5) is 18.9 Å². The molecule has 6 heteroatoms. The first-order valence-corrected chi connectivity index (χ1v) is 7.58. The first-order valence-electron chi connectivity index (χ1n) is 7.58. The van der Waals surface area contributed by atoms with Crippen molar-refractivity contribution in [3.63, 3.8) is 0 Å². The van der Waals surface area contributed by atoms with E-state index in [2.05, 4.69) is 9.88 Å². The van der Waals surface area contributed by atoms with Crippen LogP contribution >= 0.6 is 0 Å². The number of hydrogen-bond acceptors (Lipinski definition) is 3. The van der Waals surface area contributed by atoms with E-state index in [4.69, 9.17) is 4.74 Å². The minimum atomic E-state index is -4.44. The lowest BCUT2D eigenvalue weighted by Crippen LogP contribution is -2.29. The van der Waals surface area contributed by atoms with E-state index in [0.29, 0.717) is 5.75 Å². The average Bonchev–Trinajstić information content (AvgIpc) is 2.56. The zero-order valence-corrected chi connectivity index (χ0v) is 12.5. The molecule has 2 aromatic rings. The fourth-order valence-corrected chi connectivity index (χ4v) is 2.64. The molecule has 1 saturated heterocycles. The second kappa shape index (κ2) is 6.48. The van der Waals surface area contributed by atoms with Crippen LogP contribution in [0.3, 0.4) is 0 Å². The highest BCUT2D eigenvalue weighted by Gasteiger charge is 2.32. The first-order chi connectivity index (χ1) is 11.0. The predicted molar refractivity (Wildman–Crippen MR) is 81.8 cm³/mol. The van der Waals surface area contributed by atoms with E-state index >= 15 is 0 Å². The molecule has 23 heavy (non-hydrogen) atoms. The second-order valence-corrected chi connectivity index (χ2v) is 5.52. The SMILES string of the molecule is FC(F)(F)c1ccc(Oc2cccc(N3CCCCC3)c2)cn1. The van der Waals surface area contributed by atoms with E-state index in [-0.39, 0.29) is 5.75 Å². The molecule has 0 radical (unpaired) electrons. The Balaban J connectivity index is 1.72. The van der Waals surface area contributed by atoms with Crippen LogP contribution in [-0.4, -0.2) is 18.1 Å². The number of aromatic nitrogens is 1. The molecule has 1 aliphatic heterocycles. The Morgan fingerprint density at radius 3 is 2.39 bits per heavy atom. The summed E-state index contributed by atoms with van der Waals surface area (Å²) in [5.41, 5.74) is 0.147. The smallest absolute Gasteiger partial charge is 0.433 e. The van der Waals surface area contributed by atoms with Crippen molar-refractivity contribution in [1.82, 2.24) is 4.98 Å². The molecule has 1 aromatic carbocycles. The molecule has 0 amide bonds. The molecule has 0 bridgehead atoms. The normalized spacial score (nSPS) is 15.5. The second-order valence-electron chi connectivity index (χ2n) is 5.52. The number of rotatable bonds is 3. The highest BCUT2D eigenvalue weighted by molar-refractivity contribution is 5.51.